The molecule has 4 saturated heterocycles. The lowest BCUT2D eigenvalue weighted by Crippen LogP contribution is -2.51. The predicted octanol–water partition coefficient (Wildman–Crippen LogP) is 30.4. The van der Waals surface area contributed by atoms with Crippen molar-refractivity contribution < 1.29 is 0 Å². The molecule has 0 N–H and O–H groups in total. The lowest BCUT2D eigenvalue weighted by Gasteiger charge is -2.53. The first-order valence-corrected chi connectivity index (χ1v) is 51.1. The Bertz CT molecular complexity index is 5500. The monoisotopic (exact) mass is 1710 g/mol. The first kappa shape index (κ1) is 83.7. The highest BCUT2D eigenvalue weighted by Gasteiger charge is 2.64. The molecular weight excluding hydrogens is 1600 g/mol. The Balaban J connectivity index is 0.000000241. The first-order valence-electron chi connectivity index (χ1n) is 46.0. The van der Waals surface area contributed by atoms with Crippen molar-refractivity contribution in [1.82, 2.24) is 0 Å². The van der Waals surface area contributed by atoms with Crippen LogP contribution in [0.3, 0.4) is 0 Å². The molecule has 4 fully saturated rings. The Morgan fingerprint density at radius 1 is 0.173 bits per heavy atom. The molecule has 0 saturated carbocycles. The number of hydrogen-bond donors (Lipinski definition) is 0. The number of benzene rings is 17. The van der Waals surface area contributed by atoms with Gasteiger partial charge in [0.05, 0.1) is 0 Å². The average Bonchev–Trinajstić information content (AvgIpc) is 1.55. The lowest BCUT2D eigenvalue weighted by atomic mass is 9.49. The Hall–Kier alpha value is -11.5. The molecule has 21 rings (SSSR count). The molecule has 0 bridgehead atoms. The fraction of sp³-hybridized carbons (Fsp3) is 0.171. The second-order valence-electron chi connectivity index (χ2n) is 35.5. The molecule has 0 amide bonds. The molecule has 8 unspecified atom stereocenters. The van der Waals surface area contributed by atoms with E-state index >= 15 is 0 Å². The highest BCUT2D eigenvalue weighted by molar-refractivity contribution is 7.41. The highest BCUT2D eigenvalue weighted by Crippen LogP contribution is 2.73. The summed E-state index contributed by atoms with van der Waals surface area (Å²) in [6.07, 6.45) is 6.06. The van der Waals surface area contributed by atoms with Crippen LogP contribution in [0.25, 0.3) is 0 Å². The molecule has 622 valence electrons. The van der Waals surface area contributed by atoms with Crippen LogP contribution in [0.1, 0.15) is 142 Å². The van der Waals surface area contributed by atoms with E-state index in [0.29, 0.717) is 40.8 Å². The van der Waals surface area contributed by atoms with E-state index in [-0.39, 0.29) is 35.0 Å². The first-order chi connectivity index (χ1) is 63.1. The Labute approximate surface area is 761 Å². The van der Waals surface area contributed by atoms with Gasteiger partial charge in [-0.2, -0.15) is 0 Å². The predicted molar refractivity (Wildman–Crippen MR) is 544 cm³/mol. The summed E-state index contributed by atoms with van der Waals surface area (Å²) in [7, 11) is 3.26. The maximum absolute atomic E-state index is 2.62. The second-order valence-corrected chi connectivity index (χ2v) is 41.5. The van der Waals surface area contributed by atoms with Crippen LogP contribution in [0, 0.1) is 23.7 Å². The molecule has 0 radical (unpaired) electrons. The third kappa shape index (κ3) is 15.7. The Kier molecular flexibility index (Phi) is 25.4. The minimum absolute atomic E-state index is 0.00652. The number of hydrogen-bond acceptors (Lipinski definition) is 0. The summed E-state index contributed by atoms with van der Waals surface area (Å²) in [5.74, 6) is 2.68. The van der Waals surface area contributed by atoms with Crippen molar-refractivity contribution in [1.29, 1.82) is 0 Å². The fourth-order valence-electron chi connectivity index (χ4n) is 24.7. The van der Waals surface area contributed by atoms with Crippen LogP contribution < -0.4 is 0 Å². The molecule has 16 atom stereocenters. The largest absolute Gasteiger partial charge is 0.118 e. The van der Waals surface area contributed by atoms with Crippen LogP contribution in [0.5, 0.6) is 0 Å². The highest BCUT2D eigenvalue weighted by atomic mass is 31.1. The molecule has 0 aliphatic carbocycles. The summed E-state index contributed by atoms with van der Waals surface area (Å²) >= 11 is 0. The van der Waals surface area contributed by atoms with Crippen LogP contribution in [0.4, 0.5) is 0 Å². The van der Waals surface area contributed by atoms with Gasteiger partial charge < -0.3 is 0 Å². The molecule has 0 spiro atoms. The third-order valence-corrected chi connectivity index (χ3v) is 36.7. The lowest BCUT2D eigenvalue weighted by molar-refractivity contribution is 0.211. The van der Waals surface area contributed by atoms with Gasteiger partial charge >= 0.3 is 0 Å². The van der Waals surface area contributed by atoms with Crippen LogP contribution in [0.15, 0.2) is 510 Å². The van der Waals surface area contributed by atoms with Gasteiger partial charge in [-0.15, -0.1) is 34.3 Å². The Morgan fingerprint density at radius 2 is 0.346 bits per heavy atom. The van der Waals surface area contributed by atoms with Crippen LogP contribution in [-0.4, -0.2) is 36.0 Å². The van der Waals surface area contributed by atoms with Gasteiger partial charge in [-0.3, -0.25) is 0 Å². The molecule has 17 aromatic carbocycles. The zero-order valence-electron chi connectivity index (χ0n) is 72.0. The minimum Gasteiger partial charge on any atom is -0.118 e. The summed E-state index contributed by atoms with van der Waals surface area (Å²) in [6.45, 7) is 0. The van der Waals surface area contributed by atoms with Crippen molar-refractivity contribution in [2.75, 3.05) is 24.6 Å². The summed E-state index contributed by atoms with van der Waals surface area (Å²) in [6, 6.07) is 196. The summed E-state index contributed by atoms with van der Waals surface area (Å²) < 4.78 is 0. The van der Waals surface area contributed by atoms with Crippen molar-refractivity contribution in [2.45, 2.75) is 74.4 Å². The third-order valence-electron chi connectivity index (χ3n) is 29.5. The van der Waals surface area contributed by atoms with Crippen LogP contribution >= 0.6 is 34.3 Å². The van der Waals surface area contributed by atoms with E-state index in [1.807, 2.05) is 0 Å². The molecule has 17 aromatic rings. The van der Waals surface area contributed by atoms with Crippen molar-refractivity contribution in [3.05, 3.63) is 610 Å². The molecule has 4 aliphatic heterocycles. The standard InChI is InChI=1S/C90H76P2.C33H34P2/c1-13-39-67(40-14-1)87(68-41-15-2-16-42-68,69-43-17-3-18-44-69)81-65-91-85(83(81)89(73-51-25-7-26-52-73,74-53-27-8-28-54-74)75-55-29-9-30-56-75)79-63-37-38-64-80(79)86-84(90(76-57-31-10-32-58-76,77-59-33-11-34-60-77)78-61-35-12-36-62-78)82(66-92-86)88(70-45-19-4-20-46-70,71-47-21-5-22-48-71)72-49-23-6-24-50-72;1-5-13-24(14-6-1)28-22-34-30(32(28)26-17-9-3-10-18-26)21-31-33(27-19-11-4-12-20-27)29(23-35-31)25-15-7-2-8-16-25/h1-64,81-86,91-92H,65-66H2;1-20,28-35H,21-23H2/t81-,82-,83+,84+,85?,86?;28-,29-,30?,31?,32-,33-/m00/s1. The summed E-state index contributed by atoms with van der Waals surface area (Å²) in [5, 5.41) is 0. The molecule has 4 aliphatic rings. The summed E-state index contributed by atoms with van der Waals surface area (Å²) in [4.78, 5) is 0. The molecule has 0 aromatic heterocycles. The maximum Gasteiger partial charge on any atom is 0.0491 e. The van der Waals surface area contributed by atoms with Gasteiger partial charge in [-0.05, 0) is 190 Å². The molecule has 4 heterocycles. The van der Waals surface area contributed by atoms with Crippen molar-refractivity contribution >= 4 is 34.3 Å². The van der Waals surface area contributed by atoms with Crippen molar-refractivity contribution in [3.8, 4) is 0 Å². The van der Waals surface area contributed by atoms with Crippen molar-refractivity contribution in [2.24, 2.45) is 23.7 Å². The maximum atomic E-state index is 2.62. The Morgan fingerprint density at radius 3 is 0.551 bits per heavy atom. The van der Waals surface area contributed by atoms with Crippen molar-refractivity contribution in [3.63, 3.8) is 0 Å². The van der Waals surface area contributed by atoms with Gasteiger partial charge in [0.2, 0.25) is 0 Å². The van der Waals surface area contributed by atoms with Gasteiger partial charge in [-0.25, -0.2) is 0 Å². The topological polar surface area (TPSA) is 0 Å². The fourth-order valence-corrected chi connectivity index (χ4v) is 33.8. The van der Waals surface area contributed by atoms with E-state index in [4.69, 9.17) is 0 Å². The van der Waals surface area contributed by atoms with E-state index < -0.39 is 21.7 Å². The molecule has 0 nitrogen and oxygen atoms in total. The van der Waals surface area contributed by atoms with E-state index in [0.717, 1.165) is 40.8 Å². The van der Waals surface area contributed by atoms with Gasteiger partial charge in [0.15, 0.2) is 0 Å². The summed E-state index contributed by atoms with van der Waals surface area (Å²) in [5.41, 5.74) is 24.3. The molecule has 127 heavy (non-hydrogen) atoms. The normalized spacial score (nSPS) is 21.9. The van der Waals surface area contributed by atoms with Gasteiger partial charge in [-0.1, -0.05) is 510 Å². The van der Waals surface area contributed by atoms with E-state index in [2.05, 4.69) is 510 Å². The molecule has 4 heteroatoms. The van der Waals surface area contributed by atoms with Gasteiger partial charge in [0.25, 0.3) is 0 Å². The van der Waals surface area contributed by atoms with E-state index in [1.54, 1.807) is 11.1 Å². The van der Waals surface area contributed by atoms with Gasteiger partial charge in [0, 0.05) is 33.0 Å². The SMILES string of the molecule is c1ccc(C(c2ccccc2)(c2ccccc2)[C@H]2CPC(c3ccccc3C3PC[C@H](C(c4ccccc4)(c4ccccc4)c4ccccc4)[C@H]3C(c3ccccc3)(c3ccccc3)c3ccccc3)[C@@H]2C(c2ccccc2)(c2ccccc2)c2ccccc2)cc1.c1ccc([C@@H]2C(CC3PC[C@@H](c4ccccc4)[C@@H]3c3ccccc3)PC[C@H]2c2ccccc2)cc1. The van der Waals surface area contributed by atoms with Crippen LogP contribution in [0.2, 0.25) is 0 Å². The minimum atomic E-state index is -0.649. The average molecular weight is 1710 g/mol. The van der Waals surface area contributed by atoms with Gasteiger partial charge in [0.1, 0.15) is 0 Å². The van der Waals surface area contributed by atoms with E-state index in [9.17, 15) is 0 Å². The molecular formula is C123H110P4. The zero-order valence-corrected chi connectivity index (χ0v) is 76.0. The smallest absolute Gasteiger partial charge is 0.0491 e. The quantitative estimate of drug-likeness (QED) is 0.0418. The van der Waals surface area contributed by atoms with Crippen LogP contribution in [-0.2, 0) is 21.7 Å². The van der Waals surface area contributed by atoms with E-state index in [1.165, 1.54) is 108 Å². The zero-order chi connectivity index (χ0) is 85.1. The number of rotatable bonds is 24. The second kappa shape index (κ2) is 38.6.